The van der Waals surface area contributed by atoms with Crippen molar-refractivity contribution in [1.82, 2.24) is 0 Å². The highest BCUT2D eigenvalue weighted by atomic mass is 127. The summed E-state index contributed by atoms with van der Waals surface area (Å²) in [5.74, 6) is 0.658. The number of aliphatic imine (C=N–C) groups is 1. The fourth-order valence-electron chi connectivity index (χ4n) is 3.69. The first kappa shape index (κ1) is 25.2. The molecule has 4 aromatic rings. The summed E-state index contributed by atoms with van der Waals surface area (Å²) in [4.78, 5) is 17.0. The third-order valence-corrected chi connectivity index (χ3v) is 7.89. The van der Waals surface area contributed by atoms with Crippen LogP contribution < -0.4 is 4.74 Å². The molecule has 0 fully saturated rings. The Kier molecular flexibility index (Phi) is 7.87. The topological polar surface area (TPSA) is 47.9 Å². The minimum absolute atomic E-state index is 0.269. The van der Waals surface area contributed by atoms with Crippen LogP contribution in [0.2, 0.25) is 0 Å². The minimum Gasteiger partial charge on any atom is -0.487 e. The summed E-state index contributed by atoms with van der Waals surface area (Å²) in [6, 6.07) is 29.9. The lowest BCUT2D eigenvalue weighted by Gasteiger charge is -2.12. The summed E-state index contributed by atoms with van der Waals surface area (Å²) >= 11 is 8.07. The van der Waals surface area contributed by atoms with Crippen LogP contribution in [0.15, 0.2) is 106 Å². The first-order valence-electron chi connectivity index (χ1n) is 11.0. The van der Waals surface area contributed by atoms with E-state index in [1.54, 1.807) is 6.08 Å². The van der Waals surface area contributed by atoms with E-state index in [2.05, 4.69) is 78.2 Å². The van der Waals surface area contributed by atoms with Gasteiger partial charge < -0.3 is 9.47 Å². The predicted molar refractivity (Wildman–Crippen MR) is 163 cm³/mol. The number of carbonyl (C=O) groups is 1. The summed E-state index contributed by atoms with van der Waals surface area (Å²) in [6.45, 7) is 0.455. The zero-order chi connectivity index (χ0) is 25.1. The highest BCUT2D eigenvalue weighted by Crippen LogP contribution is 2.32. The van der Waals surface area contributed by atoms with Gasteiger partial charge in [0.1, 0.15) is 12.4 Å². The maximum atomic E-state index is 12.5. The summed E-state index contributed by atoms with van der Waals surface area (Å²) in [5.41, 5.74) is 5.17. The van der Waals surface area contributed by atoms with E-state index in [1.165, 1.54) is 0 Å². The lowest BCUT2D eigenvalue weighted by Crippen LogP contribution is -2.05. The zero-order valence-electron chi connectivity index (χ0n) is 18.8. The number of cyclic esters (lactones) is 1. The van der Waals surface area contributed by atoms with E-state index < -0.39 is 5.97 Å². The summed E-state index contributed by atoms with van der Waals surface area (Å²) < 4.78 is 14.5. The Morgan fingerprint density at radius 3 is 2.14 bits per heavy atom. The smallest absolute Gasteiger partial charge is 0.363 e. The molecule has 0 aliphatic carbocycles. The molecule has 1 heterocycles. The molecule has 0 N–H and O–H groups in total. The van der Waals surface area contributed by atoms with Crippen molar-refractivity contribution in [3.63, 3.8) is 0 Å². The Morgan fingerprint density at radius 2 is 1.44 bits per heavy atom. The summed E-state index contributed by atoms with van der Waals surface area (Å²) in [6.07, 6.45) is 1.75. The molecule has 36 heavy (non-hydrogen) atoms. The number of benzene rings is 4. The predicted octanol–water partition coefficient (Wildman–Crippen LogP) is 8.25. The Labute approximate surface area is 244 Å². The molecular weight excluding hydrogens is 744 g/mol. The molecular formula is C29H18BrI2NO3. The zero-order valence-corrected chi connectivity index (χ0v) is 24.7. The van der Waals surface area contributed by atoms with Gasteiger partial charge in [-0.25, -0.2) is 9.79 Å². The van der Waals surface area contributed by atoms with E-state index in [0.29, 0.717) is 12.5 Å². The Hall–Kier alpha value is -2.50. The number of hydrogen-bond acceptors (Lipinski definition) is 4. The number of esters is 1. The van der Waals surface area contributed by atoms with Crippen LogP contribution in [0, 0.1) is 7.14 Å². The standard InChI is InChI=1S/C29H18BrI2NO3/c30-23-9-5-4-8-22(23)17-35-27-24(31)14-18(15-25(27)32)16-26-29(34)36-28(33-26)21-12-10-20(11-13-21)19-6-2-1-3-7-19/h1-16H,17H2/b26-16-. The third kappa shape index (κ3) is 5.73. The van der Waals surface area contributed by atoms with Crippen molar-refractivity contribution in [3.05, 3.63) is 125 Å². The maximum Gasteiger partial charge on any atom is 0.363 e. The number of rotatable bonds is 6. The largest absolute Gasteiger partial charge is 0.487 e. The van der Waals surface area contributed by atoms with E-state index >= 15 is 0 Å². The molecule has 0 saturated carbocycles. The lowest BCUT2D eigenvalue weighted by molar-refractivity contribution is -0.129. The van der Waals surface area contributed by atoms with Gasteiger partial charge in [-0.05, 0) is 98.3 Å². The van der Waals surface area contributed by atoms with Crippen molar-refractivity contribution in [2.75, 3.05) is 0 Å². The van der Waals surface area contributed by atoms with Crippen LogP contribution in [0.1, 0.15) is 16.7 Å². The molecule has 1 aliphatic rings. The average Bonchev–Trinajstić information content (AvgIpc) is 3.25. The molecule has 5 rings (SSSR count). The number of hydrogen-bond donors (Lipinski definition) is 0. The molecule has 0 atom stereocenters. The second-order valence-corrected chi connectivity index (χ2v) is 11.2. The molecule has 0 unspecified atom stereocenters. The van der Waals surface area contributed by atoms with Gasteiger partial charge >= 0.3 is 5.97 Å². The fourth-order valence-corrected chi connectivity index (χ4v) is 6.22. The van der Waals surface area contributed by atoms with Crippen LogP contribution >= 0.6 is 61.1 Å². The lowest BCUT2D eigenvalue weighted by atomic mass is 10.0. The van der Waals surface area contributed by atoms with E-state index in [4.69, 9.17) is 9.47 Å². The third-order valence-electron chi connectivity index (χ3n) is 5.51. The van der Waals surface area contributed by atoms with Gasteiger partial charge in [0.15, 0.2) is 5.70 Å². The quantitative estimate of drug-likeness (QED) is 0.113. The maximum absolute atomic E-state index is 12.5. The molecule has 0 aromatic heterocycles. The van der Waals surface area contributed by atoms with Gasteiger partial charge in [0.25, 0.3) is 0 Å². The molecule has 0 bridgehead atoms. The molecule has 178 valence electrons. The fraction of sp³-hybridized carbons (Fsp3) is 0.0345. The van der Waals surface area contributed by atoms with Crippen molar-refractivity contribution >= 4 is 79.1 Å². The molecule has 0 saturated heterocycles. The Morgan fingerprint density at radius 1 is 0.833 bits per heavy atom. The van der Waals surface area contributed by atoms with Crippen molar-refractivity contribution in [3.8, 4) is 16.9 Å². The SMILES string of the molecule is O=C1OC(c2ccc(-c3ccccc3)cc2)=N/C1=C\c1cc(I)c(OCc2ccccc2Br)c(I)c1. The number of ether oxygens (including phenoxy) is 2. The first-order chi connectivity index (χ1) is 17.5. The van der Waals surface area contributed by atoms with Crippen LogP contribution in [0.3, 0.4) is 0 Å². The van der Waals surface area contributed by atoms with Gasteiger partial charge in [-0.3, -0.25) is 0 Å². The van der Waals surface area contributed by atoms with Crippen LogP contribution in [0.25, 0.3) is 17.2 Å². The molecule has 0 spiro atoms. The van der Waals surface area contributed by atoms with Gasteiger partial charge in [0, 0.05) is 15.6 Å². The Bertz CT molecular complexity index is 1480. The van der Waals surface area contributed by atoms with Gasteiger partial charge in [0.2, 0.25) is 5.90 Å². The molecule has 1 aliphatic heterocycles. The first-order valence-corrected chi connectivity index (χ1v) is 14.0. The van der Waals surface area contributed by atoms with Crippen molar-refractivity contribution in [2.24, 2.45) is 4.99 Å². The summed E-state index contributed by atoms with van der Waals surface area (Å²) in [5, 5.41) is 0. The average molecular weight is 762 g/mol. The van der Waals surface area contributed by atoms with Crippen molar-refractivity contribution in [1.29, 1.82) is 0 Å². The van der Waals surface area contributed by atoms with Gasteiger partial charge in [-0.15, -0.1) is 0 Å². The highest BCUT2D eigenvalue weighted by molar-refractivity contribution is 14.1. The van der Waals surface area contributed by atoms with Crippen LogP contribution in [0.4, 0.5) is 0 Å². The molecule has 4 nitrogen and oxygen atoms in total. The normalized spacial score (nSPS) is 14.0. The van der Waals surface area contributed by atoms with E-state index in [1.807, 2.05) is 78.9 Å². The summed E-state index contributed by atoms with van der Waals surface area (Å²) in [7, 11) is 0. The van der Waals surface area contributed by atoms with Crippen molar-refractivity contribution in [2.45, 2.75) is 6.61 Å². The number of nitrogens with zero attached hydrogens (tertiary/aromatic N) is 1. The van der Waals surface area contributed by atoms with E-state index in [0.717, 1.165) is 45.2 Å². The monoisotopic (exact) mass is 761 g/mol. The minimum atomic E-state index is -0.462. The van der Waals surface area contributed by atoms with Gasteiger partial charge in [-0.1, -0.05) is 76.6 Å². The van der Waals surface area contributed by atoms with Crippen LogP contribution in [-0.4, -0.2) is 11.9 Å². The van der Waals surface area contributed by atoms with E-state index in [9.17, 15) is 4.79 Å². The molecule has 0 amide bonds. The number of halogens is 3. The van der Waals surface area contributed by atoms with Crippen LogP contribution in [-0.2, 0) is 16.1 Å². The Balaban J connectivity index is 1.34. The molecule has 0 radical (unpaired) electrons. The second kappa shape index (κ2) is 11.3. The molecule has 7 heteroatoms. The number of carbonyl (C=O) groups excluding carboxylic acids is 1. The van der Waals surface area contributed by atoms with E-state index in [-0.39, 0.29) is 5.70 Å². The van der Waals surface area contributed by atoms with Gasteiger partial charge in [0.05, 0.1) is 7.14 Å². The highest BCUT2D eigenvalue weighted by Gasteiger charge is 2.24. The van der Waals surface area contributed by atoms with Gasteiger partial charge in [-0.2, -0.15) is 0 Å². The van der Waals surface area contributed by atoms with Crippen LogP contribution in [0.5, 0.6) is 5.75 Å². The molecule has 4 aromatic carbocycles. The second-order valence-electron chi connectivity index (χ2n) is 7.97. The van der Waals surface area contributed by atoms with Crippen molar-refractivity contribution < 1.29 is 14.3 Å².